The molecule has 2 aromatic heterocycles. The van der Waals surface area contributed by atoms with Gasteiger partial charge in [0.05, 0.1) is 16.8 Å². The van der Waals surface area contributed by atoms with Gasteiger partial charge in [-0.2, -0.15) is 0 Å². The molecule has 1 atom stereocenters. The Labute approximate surface area is 105 Å². The summed E-state index contributed by atoms with van der Waals surface area (Å²) in [5, 5.41) is 11.0. The smallest absolute Gasteiger partial charge is 0.0956 e. The zero-order valence-corrected chi connectivity index (χ0v) is 10.9. The van der Waals surface area contributed by atoms with Crippen LogP contribution in [0.3, 0.4) is 0 Å². The fourth-order valence-electron chi connectivity index (χ4n) is 1.69. The third kappa shape index (κ3) is 3.35. The second-order valence-electron chi connectivity index (χ2n) is 4.17. The first-order valence-corrected chi connectivity index (χ1v) is 6.46. The molecule has 0 aliphatic carbocycles. The number of hydrogen-bond donors (Lipinski definition) is 1. The Morgan fingerprint density at radius 1 is 1.35 bits per heavy atom. The monoisotopic (exact) mass is 248 g/mol. The molecule has 3 nitrogen and oxygen atoms in total. The van der Waals surface area contributed by atoms with Crippen LogP contribution >= 0.6 is 11.3 Å². The van der Waals surface area contributed by atoms with Crippen molar-refractivity contribution in [2.75, 3.05) is 0 Å². The molecule has 17 heavy (non-hydrogen) atoms. The first-order chi connectivity index (χ1) is 8.15. The Morgan fingerprint density at radius 2 is 2.18 bits per heavy atom. The van der Waals surface area contributed by atoms with E-state index < -0.39 is 0 Å². The highest BCUT2D eigenvalue weighted by Gasteiger charge is 2.11. The summed E-state index contributed by atoms with van der Waals surface area (Å²) in [6.45, 7) is 4.06. The molecule has 90 valence electrons. The van der Waals surface area contributed by atoms with Crippen molar-refractivity contribution in [2.45, 2.75) is 32.8 Å². The zero-order chi connectivity index (χ0) is 12.3. The molecule has 0 fully saturated rings. The summed E-state index contributed by atoms with van der Waals surface area (Å²) in [4.78, 5) is 9.70. The van der Waals surface area contributed by atoms with Gasteiger partial charge in [-0.1, -0.05) is 6.07 Å². The number of aromatic nitrogens is 2. The van der Waals surface area contributed by atoms with Crippen LogP contribution in [0.1, 0.15) is 21.1 Å². The van der Waals surface area contributed by atoms with Crippen LogP contribution in [0.25, 0.3) is 0 Å². The summed E-state index contributed by atoms with van der Waals surface area (Å²) in [6, 6.07) is 3.87. The van der Waals surface area contributed by atoms with Gasteiger partial charge in [0, 0.05) is 30.1 Å². The Kier molecular flexibility index (Phi) is 3.86. The van der Waals surface area contributed by atoms with E-state index >= 15 is 0 Å². The van der Waals surface area contributed by atoms with Crippen molar-refractivity contribution in [3.05, 3.63) is 45.7 Å². The highest BCUT2D eigenvalue weighted by Crippen LogP contribution is 2.18. The van der Waals surface area contributed by atoms with E-state index in [1.54, 1.807) is 23.7 Å². The number of aryl methyl sites for hydroxylation is 2. The van der Waals surface area contributed by atoms with E-state index in [4.69, 9.17) is 0 Å². The van der Waals surface area contributed by atoms with E-state index in [1.165, 1.54) is 4.88 Å². The third-order valence-corrected chi connectivity index (χ3v) is 3.77. The first-order valence-electron chi connectivity index (χ1n) is 5.65. The molecule has 2 aromatic rings. The third-order valence-electron chi connectivity index (χ3n) is 2.68. The van der Waals surface area contributed by atoms with Crippen LogP contribution in [-0.2, 0) is 12.8 Å². The largest absolute Gasteiger partial charge is 0.392 e. The van der Waals surface area contributed by atoms with Crippen molar-refractivity contribution in [1.82, 2.24) is 9.97 Å². The average molecular weight is 248 g/mol. The fraction of sp³-hybridized carbons (Fsp3) is 0.385. The highest BCUT2D eigenvalue weighted by atomic mass is 32.1. The van der Waals surface area contributed by atoms with Gasteiger partial charge < -0.3 is 5.11 Å². The number of hydrogen-bond acceptors (Lipinski definition) is 4. The van der Waals surface area contributed by atoms with Crippen molar-refractivity contribution in [1.29, 1.82) is 0 Å². The lowest BCUT2D eigenvalue weighted by molar-refractivity contribution is 0.175. The minimum absolute atomic E-state index is 0.385. The summed E-state index contributed by atoms with van der Waals surface area (Å²) in [5.74, 6) is 0. The predicted octanol–water partition coefficient (Wildman–Crippen LogP) is 2.30. The van der Waals surface area contributed by atoms with Gasteiger partial charge in [0.15, 0.2) is 0 Å². The van der Waals surface area contributed by atoms with Crippen LogP contribution in [0.15, 0.2) is 24.5 Å². The lowest BCUT2D eigenvalue weighted by Gasteiger charge is -2.07. The Hall–Kier alpha value is -1.26. The van der Waals surface area contributed by atoms with Gasteiger partial charge >= 0.3 is 0 Å². The van der Waals surface area contributed by atoms with Gasteiger partial charge in [-0.05, 0) is 25.5 Å². The van der Waals surface area contributed by atoms with Crippen LogP contribution < -0.4 is 0 Å². The molecule has 0 saturated carbocycles. The number of nitrogens with zero attached hydrogens (tertiary/aromatic N) is 2. The zero-order valence-electron chi connectivity index (χ0n) is 10.1. The molecular formula is C13H16N2OS. The Morgan fingerprint density at radius 3 is 2.76 bits per heavy atom. The molecular weight excluding hydrogens is 232 g/mol. The Balaban J connectivity index is 1.95. The molecule has 0 aliphatic rings. The normalized spacial score (nSPS) is 12.6. The lowest BCUT2D eigenvalue weighted by Crippen LogP contribution is -2.13. The Bertz CT molecular complexity index is 462. The van der Waals surface area contributed by atoms with Gasteiger partial charge in [0.25, 0.3) is 0 Å². The topological polar surface area (TPSA) is 46.0 Å². The summed E-state index contributed by atoms with van der Waals surface area (Å²) in [6.07, 6.45) is 4.40. The fourth-order valence-corrected chi connectivity index (χ4v) is 2.70. The molecule has 0 saturated heterocycles. The SMILES string of the molecule is Cc1nc(CC(O)Cc2cccnc2)sc1C. The van der Waals surface area contributed by atoms with E-state index in [1.807, 2.05) is 19.1 Å². The number of rotatable bonds is 4. The van der Waals surface area contributed by atoms with E-state index in [0.717, 1.165) is 16.3 Å². The van der Waals surface area contributed by atoms with Gasteiger partial charge in [-0.15, -0.1) is 11.3 Å². The molecule has 1 N–H and O–H groups in total. The second kappa shape index (κ2) is 5.38. The molecule has 0 amide bonds. The number of thiazole rings is 1. The van der Waals surface area contributed by atoms with Gasteiger partial charge in [0.2, 0.25) is 0 Å². The lowest BCUT2D eigenvalue weighted by atomic mass is 10.1. The maximum atomic E-state index is 10.00. The average Bonchev–Trinajstić information content (AvgIpc) is 2.59. The maximum Gasteiger partial charge on any atom is 0.0956 e. The summed E-state index contributed by atoms with van der Waals surface area (Å²) < 4.78 is 0. The molecule has 0 bridgehead atoms. The number of aliphatic hydroxyl groups excluding tert-OH is 1. The van der Waals surface area contributed by atoms with Crippen molar-refractivity contribution in [3.63, 3.8) is 0 Å². The molecule has 2 heterocycles. The first kappa shape index (κ1) is 12.2. The van der Waals surface area contributed by atoms with E-state index in [0.29, 0.717) is 12.8 Å². The van der Waals surface area contributed by atoms with Crippen LogP contribution in [0, 0.1) is 13.8 Å². The summed E-state index contributed by atoms with van der Waals surface area (Å²) in [7, 11) is 0. The molecule has 2 rings (SSSR count). The van der Waals surface area contributed by atoms with Crippen molar-refractivity contribution in [2.24, 2.45) is 0 Å². The summed E-state index contributed by atoms with van der Waals surface area (Å²) in [5.41, 5.74) is 2.13. The molecule has 1 unspecified atom stereocenters. The predicted molar refractivity (Wildman–Crippen MR) is 69.2 cm³/mol. The van der Waals surface area contributed by atoms with Gasteiger partial charge in [-0.3, -0.25) is 4.98 Å². The highest BCUT2D eigenvalue weighted by molar-refractivity contribution is 7.11. The van der Waals surface area contributed by atoms with Crippen molar-refractivity contribution >= 4 is 11.3 Å². The standard InChI is InChI=1S/C13H16N2OS/c1-9-10(2)17-13(15-9)7-12(16)6-11-4-3-5-14-8-11/h3-5,8,12,16H,6-7H2,1-2H3. The minimum Gasteiger partial charge on any atom is -0.392 e. The second-order valence-corrected chi connectivity index (χ2v) is 5.46. The molecule has 0 spiro atoms. The number of pyridine rings is 1. The quantitative estimate of drug-likeness (QED) is 0.903. The van der Waals surface area contributed by atoms with E-state index in [-0.39, 0.29) is 6.10 Å². The van der Waals surface area contributed by atoms with E-state index in [2.05, 4.69) is 16.9 Å². The molecule has 0 radical (unpaired) electrons. The van der Waals surface area contributed by atoms with Crippen LogP contribution in [-0.4, -0.2) is 21.2 Å². The van der Waals surface area contributed by atoms with E-state index in [9.17, 15) is 5.11 Å². The van der Waals surface area contributed by atoms with Crippen LogP contribution in [0.2, 0.25) is 0 Å². The van der Waals surface area contributed by atoms with Crippen LogP contribution in [0.4, 0.5) is 0 Å². The summed E-state index contributed by atoms with van der Waals surface area (Å²) >= 11 is 1.67. The van der Waals surface area contributed by atoms with Crippen molar-refractivity contribution in [3.8, 4) is 0 Å². The maximum absolute atomic E-state index is 10.00. The van der Waals surface area contributed by atoms with Crippen LogP contribution in [0.5, 0.6) is 0 Å². The molecule has 0 aliphatic heterocycles. The molecule has 0 aromatic carbocycles. The van der Waals surface area contributed by atoms with Gasteiger partial charge in [0.1, 0.15) is 0 Å². The molecule has 4 heteroatoms. The minimum atomic E-state index is -0.385. The van der Waals surface area contributed by atoms with Gasteiger partial charge in [-0.25, -0.2) is 4.98 Å². The van der Waals surface area contributed by atoms with Crippen molar-refractivity contribution < 1.29 is 5.11 Å². The number of aliphatic hydroxyl groups is 1.